The fourth-order valence-electron chi connectivity index (χ4n) is 2.49. The Morgan fingerprint density at radius 1 is 1.29 bits per heavy atom. The predicted molar refractivity (Wildman–Crippen MR) is 56.5 cm³/mol. The van der Waals surface area contributed by atoms with E-state index in [0.717, 1.165) is 31.6 Å². The van der Waals surface area contributed by atoms with Crippen molar-refractivity contribution in [1.29, 1.82) is 0 Å². The van der Waals surface area contributed by atoms with Crippen LogP contribution in [0.5, 0.6) is 0 Å². The van der Waals surface area contributed by atoms with Gasteiger partial charge in [0.15, 0.2) is 9.84 Å². The Kier molecular flexibility index (Phi) is 1.97. The van der Waals surface area contributed by atoms with Crippen LogP contribution in [0.1, 0.15) is 33.6 Å². The first kappa shape index (κ1) is 10.0. The van der Waals surface area contributed by atoms with E-state index in [-0.39, 0.29) is 0 Å². The maximum absolute atomic E-state index is 11.8. The summed E-state index contributed by atoms with van der Waals surface area (Å²) in [6.45, 7) is 7.70. The number of allylic oxidation sites excluding steroid dienone is 1. The van der Waals surface area contributed by atoms with Crippen LogP contribution in [0.3, 0.4) is 0 Å². The van der Waals surface area contributed by atoms with E-state index in [1.807, 2.05) is 0 Å². The summed E-state index contributed by atoms with van der Waals surface area (Å²) in [5.74, 6) is 0. The molecule has 0 aromatic heterocycles. The molecule has 4 heteroatoms. The average molecular weight is 215 g/mol. The molecule has 1 aliphatic heterocycles. The first-order valence-corrected chi connectivity index (χ1v) is 6.70. The maximum atomic E-state index is 11.8. The third kappa shape index (κ3) is 0.900. The number of rotatable bonds is 3. The molecule has 2 aliphatic rings. The van der Waals surface area contributed by atoms with Gasteiger partial charge in [0.05, 0.1) is 4.91 Å². The maximum Gasteiger partial charge on any atom is 0.187 e. The Labute approximate surface area is 85.7 Å². The number of nitrogens with zero attached hydrogens (tertiary/aromatic N) is 1. The molecule has 0 bridgehead atoms. The van der Waals surface area contributed by atoms with Crippen LogP contribution in [0.25, 0.3) is 0 Å². The molecule has 3 nitrogen and oxygen atoms in total. The lowest BCUT2D eigenvalue weighted by Crippen LogP contribution is -2.46. The number of sulfone groups is 1. The van der Waals surface area contributed by atoms with Crippen LogP contribution in [-0.4, -0.2) is 31.2 Å². The van der Waals surface area contributed by atoms with Crippen molar-refractivity contribution in [2.75, 3.05) is 13.1 Å². The summed E-state index contributed by atoms with van der Waals surface area (Å²) in [5.41, 5.74) is 1.10. The highest BCUT2D eigenvalue weighted by Gasteiger charge is 2.67. The van der Waals surface area contributed by atoms with Crippen molar-refractivity contribution in [1.82, 2.24) is 4.90 Å². The standard InChI is InChI=1S/C10H17NO2S/c1-4-11(5-2)9-8(3)14(12,13)10(9)6-7-10/h4-7H2,1-3H3. The topological polar surface area (TPSA) is 37.4 Å². The molecule has 1 heterocycles. The van der Waals surface area contributed by atoms with Crippen LogP contribution >= 0.6 is 0 Å². The van der Waals surface area contributed by atoms with E-state index < -0.39 is 14.6 Å². The van der Waals surface area contributed by atoms with Crippen molar-refractivity contribution < 1.29 is 8.42 Å². The highest BCUT2D eigenvalue weighted by atomic mass is 32.2. The molecule has 0 saturated heterocycles. The van der Waals surface area contributed by atoms with Gasteiger partial charge in [0.2, 0.25) is 0 Å². The second-order valence-electron chi connectivity index (χ2n) is 4.07. The second-order valence-corrected chi connectivity index (χ2v) is 6.48. The quantitative estimate of drug-likeness (QED) is 0.716. The monoisotopic (exact) mass is 215 g/mol. The molecular formula is C10H17NO2S. The van der Waals surface area contributed by atoms with Crippen molar-refractivity contribution in [2.24, 2.45) is 0 Å². The molecule has 1 aliphatic carbocycles. The van der Waals surface area contributed by atoms with Crippen molar-refractivity contribution in [3.63, 3.8) is 0 Å². The molecule has 0 atom stereocenters. The minimum Gasteiger partial charge on any atom is -0.373 e. The van der Waals surface area contributed by atoms with Crippen molar-refractivity contribution in [3.8, 4) is 0 Å². The highest BCUT2D eigenvalue weighted by molar-refractivity contribution is 7.98. The van der Waals surface area contributed by atoms with Gasteiger partial charge in [-0.3, -0.25) is 0 Å². The fourth-order valence-corrected chi connectivity index (χ4v) is 4.68. The van der Waals surface area contributed by atoms with Crippen LogP contribution in [0.4, 0.5) is 0 Å². The molecular weight excluding hydrogens is 198 g/mol. The Morgan fingerprint density at radius 3 is 2.14 bits per heavy atom. The normalized spacial score (nSPS) is 26.2. The zero-order valence-corrected chi connectivity index (χ0v) is 9.82. The van der Waals surface area contributed by atoms with E-state index in [1.54, 1.807) is 6.92 Å². The molecule has 1 spiro atoms. The third-order valence-corrected chi connectivity index (χ3v) is 6.10. The summed E-state index contributed by atoms with van der Waals surface area (Å²) < 4.78 is 23.1. The van der Waals surface area contributed by atoms with E-state index in [2.05, 4.69) is 18.7 Å². The smallest absolute Gasteiger partial charge is 0.187 e. The van der Waals surface area contributed by atoms with Gasteiger partial charge in [-0.1, -0.05) is 0 Å². The Balaban J connectivity index is 2.42. The first-order valence-electron chi connectivity index (χ1n) is 5.22. The predicted octanol–water partition coefficient (Wildman–Crippen LogP) is 1.52. The van der Waals surface area contributed by atoms with E-state index in [4.69, 9.17) is 0 Å². The molecule has 0 aromatic carbocycles. The molecule has 0 aromatic rings. The van der Waals surface area contributed by atoms with Crippen LogP contribution in [-0.2, 0) is 9.84 Å². The Hall–Kier alpha value is -0.510. The molecule has 1 saturated carbocycles. The summed E-state index contributed by atoms with van der Waals surface area (Å²) in [4.78, 5) is 2.79. The third-order valence-electron chi connectivity index (χ3n) is 3.47. The van der Waals surface area contributed by atoms with E-state index >= 15 is 0 Å². The van der Waals surface area contributed by atoms with Crippen molar-refractivity contribution in [2.45, 2.75) is 38.4 Å². The lowest BCUT2D eigenvalue weighted by Gasteiger charge is -2.39. The van der Waals surface area contributed by atoms with Gasteiger partial charge in [-0.15, -0.1) is 0 Å². The molecule has 1 fully saturated rings. The van der Waals surface area contributed by atoms with Gasteiger partial charge in [-0.25, -0.2) is 8.42 Å². The highest BCUT2D eigenvalue weighted by Crippen LogP contribution is 2.61. The summed E-state index contributed by atoms with van der Waals surface area (Å²) in [5, 5.41) is 0. The van der Waals surface area contributed by atoms with Gasteiger partial charge in [-0.2, -0.15) is 0 Å². The van der Waals surface area contributed by atoms with Gasteiger partial charge in [0, 0.05) is 18.8 Å². The fraction of sp³-hybridized carbons (Fsp3) is 0.800. The summed E-state index contributed by atoms with van der Waals surface area (Å²) >= 11 is 0. The van der Waals surface area contributed by atoms with Gasteiger partial charge in [-0.05, 0) is 33.6 Å². The SMILES string of the molecule is CCN(CC)C1=C(C)S(=O)(=O)C12CC2. The van der Waals surface area contributed by atoms with Crippen molar-refractivity contribution in [3.05, 3.63) is 10.6 Å². The molecule has 0 unspecified atom stereocenters. The molecule has 80 valence electrons. The molecule has 14 heavy (non-hydrogen) atoms. The van der Waals surface area contributed by atoms with E-state index in [0.29, 0.717) is 4.91 Å². The minimum atomic E-state index is -2.90. The minimum absolute atomic E-state index is 0.441. The van der Waals surface area contributed by atoms with Gasteiger partial charge < -0.3 is 4.90 Å². The summed E-state index contributed by atoms with van der Waals surface area (Å²) in [6.07, 6.45) is 1.66. The summed E-state index contributed by atoms with van der Waals surface area (Å²) in [7, 11) is -2.90. The van der Waals surface area contributed by atoms with E-state index in [9.17, 15) is 8.42 Å². The Bertz CT molecular complexity index is 386. The zero-order chi connectivity index (χ0) is 10.6. The summed E-state index contributed by atoms with van der Waals surface area (Å²) in [6, 6.07) is 0. The lowest BCUT2D eigenvalue weighted by atomic mass is 10.2. The van der Waals surface area contributed by atoms with Crippen LogP contribution in [0.2, 0.25) is 0 Å². The lowest BCUT2D eigenvalue weighted by molar-refractivity contribution is 0.354. The molecule has 0 radical (unpaired) electrons. The zero-order valence-electron chi connectivity index (χ0n) is 9.00. The first-order chi connectivity index (χ1) is 6.51. The molecule has 2 rings (SSSR count). The second kappa shape index (κ2) is 2.75. The van der Waals surface area contributed by atoms with Gasteiger partial charge in [0.1, 0.15) is 4.75 Å². The van der Waals surface area contributed by atoms with Crippen LogP contribution in [0.15, 0.2) is 10.6 Å². The average Bonchev–Trinajstić information content (AvgIpc) is 2.95. The number of hydrogen-bond acceptors (Lipinski definition) is 3. The largest absolute Gasteiger partial charge is 0.373 e. The van der Waals surface area contributed by atoms with Crippen LogP contribution < -0.4 is 0 Å². The van der Waals surface area contributed by atoms with Gasteiger partial charge >= 0.3 is 0 Å². The van der Waals surface area contributed by atoms with Gasteiger partial charge in [0.25, 0.3) is 0 Å². The van der Waals surface area contributed by atoms with E-state index in [1.165, 1.54) is 0 Å². The molecule has 0 N–H and O–H groups in total. The number of hydrogen-bond donors (Lipinski definition) is 0. The van der Waals surface area contributed by atoms with Crippen LogP contribution in [0, 0.1) is 0 Å². The van der Waals surface area contributed by atoms with Crippen molar-refractivity contribution >= 4 is 9.84 Å². The Morgan fingerprint density at radius 2 is 1.79 bits per heavy atom. The molecule has 0 amide bonds.